The highest BCUT2D eigenvalue weighted by atomic mass is 35.5. The number of halogens is 3. The minimum Gasteiger partial charge on any atom is -0.348 e. The van der Waals surface area contributed by atoms with Crippen LogP contribution >= 0.6 is 11.6 Å². The molecule has 210 valence electrons. The summed E-state index contributed by atoms with van der Waals surface area (Å²) in [6.45, 7) is 3.59. The molecule has 5 heterocycles. The molecule has 1 saturated heterocycles. The van der Waals surface area contributed by atoms with Gasteiger partial charge in [-0.15, -0.1) is 5.10 Å². The van der Waals surface area contributed by atoms with E-state index in [4.69, 9.17) is 11.6 Å². The van der Waals surface area contributed by atoms with Gasteiger partial charge in [0, 0.05) is 53.9 Å². The highest BCUT2D eigenvalue weighted by Gasteiger charge is 2.46. The average Bonchev–Trinajstić information content (AvgIpc) is 3.67. The first kappa shape index (κ1) is 26.6. The SMILES string of the molecule is Cc1nc(N2CC(C)C(F)(F)C2)ncc1Cn1cc(C(=O)NCc2cc(Cl)ccc2-n2cnnn2)c2cncnc21. The molecule has 1 atom stereocenters. The van der Waals surface area contributed by atoms with Crippen LogP contribution in [0.4, 0.5) is 14.7 Å². The van der Waals surface area contributed by atoms with E-state index in [1.807, 2.05) is 4.57 Å². The number of amides is 1. The summed E-state index contributed by atoms with van der Waals surface area (Å²) in [6.07, 6.45) is 7.78. The number of hydrogen-bond donors (Lipinski definition) is 1. The lowest BCUT2D eigenvalue weighted by Gasteiger charge is -2.17. The van der Waals surface area contributed by atoms with Gasteiger partial charge in [-0.3, -0.25) is 4.79 Å². The van der Waals surface area contributed by atoms with Crippen molar-refractivity contribution in [3.63, 3.8) is 0 Å². The molecule has 0 saturated carbocycles. The van der Waals surface area contributed by atoms with Gasteiger partial charge >= 0.3 is 0 Å². The number of tetrazole rings is 1. The highest BCUT2D eigenvalue weighted by Crippen LogP contribution is 2.34. The van der Waals surface area contributed by atoms with Crippen molar-refractivity contribution in [3.05, 3.63) is 76.9 Å². The van der Waals surface area contributed by atoms with Crippen molar-refractivity contribution in [3.8, 4) is 5.69 Å². The van der Waals surface area contributed by atoms with Crippen LogP contribution in [0.15, 0.2) is 49.4 Å². The van der Waals surface area contributed by atoms with Crippen LogP contribution in [0.1, 0.15) is 34.1 Å². The lowest BCUT2D eigenvalue weighted by atomic mass is 10.1. The van der Waals surface area contributed by atoms with Gasteiger partial charge in [-0.2, -0.15) is 0 Å². The number of carbonyl (C=O) groups excluding carboxylic acids is 1. The molecule has 15 heteroatoms. The molecule has 0 spiro atoms. The fourth-order valence-electron chi connectivity index (χ4n) is 4.85. The van der Waals surface area contributed by atoms with Crippen molar-refractivity contribution in [2.75, 3.05) is 18.0 Å². The van der Waals surface area contributed by atoms with Crippen LogP contribution in [0.2, 0.25) is 5.02 Å². The van der Waals surface area contributed by atoms with Crippen molar-refractivity contribution >= 4 is 34.5 Å². The van der Waals surface area contributed by atoms with Crippen LogP contribution in [0.3, 0.4) is 0 Å². The molecule has 1 amide bonds. The van der Waals surface area contributed by atoms with Crippen LogP contribution in [0, 0.1) is 12.8 Å². The Morgan fingerprint density at radius 2 is 2.07 bits per heavy atom. The maximum atomic E-state index is 14.1. The van der Waals surface area contributed by atoms with E-state index in [1.165, 1.54) is 29.2 Å². The van der Waals surface area contributed by atoms with Crippen molar-refractivity contribution in [1.29, 1.82) is 0 Å². The van der Waals surface area contributed by atoms with Crippen LogP contribution in [0.5, 0.6) is 0 Å². The predicted octanol–water partition coefficient (Wildman–Crippen LogP) is 3.23. The molecule has 1 aliphatic heterocycles. The van der Waals surface area contributed by atoms with E-state index in [0.29, 0.717) is 39.5 Å². The summed E-state index contributed by atoms with van der Waals surface area (Å²) in [4.78, 5) is 32.2. The molecule has 1 unspecified atom stereocenters. The Morgan fingerprint density at radius 1 is 1.22 bits per heavy atom. The topological polar surface area (TPSA) is 132 Å². The summed E-state index contributed by atoms with van der Waals surface area (Å²) in [5, 5.41) is 15.3. The first-order chi connectivity index (χ1) is 19.7. The van der Waals surface area contributed by atoms with Gasteiger partial charge in [-0.1, -0.05) is 18.5 Å². The smallest absolute Gasteiger partial charge is 0.269 e. The minimum absolute atomic E-state index is 0.164. The van der Waals surface area contributed by atoms with Crippen LogP contribution in [-0.4, -0.2) is 69.6 Å². The summed E-state index contributed by atoms with van der Waals surface area (Å²) in [5.41, 5.74) is 3.75. The third-order valence-electron chi connectivity index (χ3n) is 7.17. The Kier molecular flexibility index (Phi) is 6.77. The number of nitrogens with one attached hydrogen (secondary N) is 1. The van der Waals surface area contributed by atoms with E-state index in [2.05, 4.69) is 40.8 Å². The van der Waals surface area contributed by atoms with Gasteiger partial charge in [0.1, 0.15) is 18.3 Å². The molecular formula is C26H24ClF2N11O. The largest absolute Gasteiger partial charge is 0.348 e. The fourth-order valence-corrected chi connectivity index (χ4v) is 5.05. The second-order valence-electron chi connectivity index (χ2n) is 9.96. The molecule has 4 aromatic heterocycles. The molecule has 0 radical (unpaired) electrons. The lowest BCUT2D eigenvalue weighted by Crippen LogP contribution is -2.27. The number of hydrogen-bond acceptors (Lipinski definition) is 9. The van der Waals surface area contributed by atoms with Crippen molar-refractivity contribution in [2.24, 2.45) is 5.92 Å². The quantitative estimate of drug-likeness (QED) is 0.308. The number of carbonyl (C=O) groups is 1. The number of nitrogens with zero attached hydrogens (tertiary/aromatic N) is 10. The molecule has 41 heavy (non-hydrogen) atoms. The van der Waals surface area contributed by atoms with E-state index in [-0.39, 0.29) is 24.9 Å². The predicted molar refractivity (Wildman–Crippen MR) is 145 cm³/mol. The van der Waals surface area contributed by atoms with Gasteiger partial charge in [0.25, 0.3) is 11.8 Å². The third-order valence-corrected chi connectivity index (χ3v) is 7.40. The number of aryl methyl sites for hydroxylation is 1. The van der Waals surface area contributed by atoms with E-state index in [9.17, 15) is 13.6 Å². The Hall–Kier alpha value is -4.59. The van der Waals surface area contributed by atoms with Gasteiger partial charge < -0.3 is 14.8 Å². The standard InChI is InChI=1S/C26H24ClF2N11O/c1-15-9-39(12-26(15,28)29)25-32-7-18(16(2)35-25)10-38-11-21(20-8-30-13-33-23(20)38)24(41)31-6-17-5-19(27)3-4-22(17)40-14-34-36-37-40/h3-5,7-8,11,13-15H,6,9-10,12H2,1-2H3,(H,31,41). The summed E-state index contributed by atoms with van der Waals surface area (Å²) in [6, 6.07) is 5.22. The number of aromatic nitrogens is 9. The maximum absolute atomic E-state index is 14.1. The van der Waals surface area contributed by atoms with Crippen LogP contribution in [-0.2, 0) is 13.1 Å². The molecule has 1 aromatic carbocycles. The molecule has 1 aliphatic rings. The van der Waals surface area contributed by atoms with E-state index in [0.717, 1.165) is 11.1 Å². The number of benzene rings is 1. The number of rotatable bonds is 7. The average molecular weight is 580 g/mol. The van der Waals surface area contributed by atoms with Gasteiger partial charge in [-0.05, 0) is 41.1 Å². The van der Waals surface area contributed by atoms with Gasteiger partial charge in [0.2, 0.25) is 5.95 Å². The zero-order chi connectivity index (χ0) is 28.7. The van der Waals surface area contributed by atoms with Crippen molar-refractivity contribution in [2.45, 2.75) is 32.9 Å². The molecular weight excluding hydrogens is 556 g/mol. The van der Waals surface area contributed by atoms with Crippen molar-refractivity contribution in [1.82, 2.24) is 50.0 Å². The van der Waals surface area contributed by atoms with E-state index >= 15 is 0 Å². The van der Waals surface area contributed by atoms with E-state index in [1.54, 1.807) is 43.7 Å². The normalized spacial score (nSPS) is 16.4. The number of alkyl halides is 2. The van der Waals surface area contributed by atoms with Crippen LogP contribution in [0.25, 0.3) is 16.7 Å². The molecule has 1 fully saturated rings. The first-order valence-corrected chi connectivity index (χ1v) is 13.1. The zero-order valence-corrected chi connectivity index (χ0v) is 22.8. The molecule has 0 bridgehead atoms. The van der Waals surface area contributed by atoms with Crippen molar-refractivity contribution < 1.29 is 13.6 Å². The Morgan fingerprint density at radius 3 is 2.80 bits per heavy atom. The number of fused-ring (bicyclic) bond motifs is 1. The highest BCUT2D eigenvalue weighted by molar-refractivity contribution is 6.30. The Balaban J connectivity index is 1.23. The summed E-state index contributed by atoms with van der Waals surface area (Å²) in [5.74, 6) is -3.61. The van der Waals surface area contributed by atoms with Gasteiger partial charge in [0.15, 0.2) is 0 Å². The Bertz CT molecular complexity index is 1740. The molecule has 0 aliphatic carbocycles. The second-order valence-corrected chi connectivity index (χ2v) is 10.4. The van der Waals surface area contributed by atoms with Gasteiger partial charge in [0.05, 0.1) is 29.7 Å². The summed E-state index contributed by atoms with van der Waals surface area (Å²) < 4.78 is 31.4. The van der Waals surface area contributed by atoms with E-state index < -0.39 is 18.4 Å². The Labute approximate surface area is 237 Å². The zero-order valence-electron chi connectivity index (χ0n) is 22.0. The number of anilines is 1. The molecule has 6 rings (SSSR count). The summed E-state index contributed by atoms with van der Waals surface area (Å²) >= 11 is 6.21. The molecule has 1 N–H and O–H groups in total. The summed E-state index contributed by atoms with van der Waals surface area (Å²) in [7, 11) is 0. The monoisotopic (exact) mass is 579 g/mol. The molecule has 5 aromatic rings. The second kappa shape index (κ2) is 10.4. The van der Waals surface area contributed by atoms with Crippen LogP contribution < -0.4 is 10.2 Å². The lowest BCUT2D eigenvalue weighted by molar-refractivity contribution is -0.0138. The minimum atomic E-state index is -2.78. The van der Waals surface area contributed by atoms with Gasteiger partial charge in [-0.25, -0.2) is 33.4 Å². The first-order valence-electron chi connectivity index (χ1n) is 12.7. The maximum Gasteiger partial charge on any atom is 0.269 e. The fraction of sp³-hybridized carbons (Fsp3) is 0.308. The molecule has 12 nitrogen and oxygen atoms in total. The third kappa shape index (κ3) is 5.17.